The average Bonchev–Trinajstić information content (AvgIpc) is 2.88. The molecule has 108 valence electrons. The fourth-order valence-corrected chi connectivity index (χ4v) is 3.85. The molecule has 1 aromatic rings. The van der Waals surface area contributed by atoms with Crippen LogP contribution in [0.2, 0.25) is 0 Å². The first-order valence-corrected chi connectivity index (χ1v) is 7.94. The highest BCUT2D eigenvalue weighted by molar-refractivity contribution is 7.89. The number of rotatable bonds is 4. The third kappa shape index (κ3) is 2.82. The van der Waals surface area contributed by atoms with E-state index < -0.39 is 15.6 Å². The van der Waals surface area contributed by atoms with Gasteiger partial charge in [0.2, 0.25) is 0 Å². The van der Waals surface area contributed by atoms with Gasteiger partial charge in [-0.25, -0.2) is 13.4 Å². The fraction of sp³-hybridized carbons (Fsp3) is 0.750. The molecule has 0 saturated carbocycles. The lowest BCUT2D eigenvalue weighted by Gasteiger charge is -2.38. The summed E-state index contributed by atoms with van der Waals surface area (Å²) >= 11 is 0. The van der Waals surface area contributed by atoms with Crippen molar-refractivity contribution in [2.45, 2.75) is 43.7 Å². The van der Waals surface area contributed by atoms with E-state index in [0.29, 0.717) is 25.3 Å². The summed E-state index contributed by atoms with van der Waals surface area (Å²) in [5.41, 5.74) is -0.404. The third-order valence-electron chi connectivity index (χ3n) is 3.67. The van der Waals surface area contributed by atoms with Gasteiger partial charge in [0.25, 0.3) is 10.0 Å². The van der Waals surface area contributed by atoms with Crippen LogP contribution in [-0.2, 0) is 21.2 Å². The Morgan fingerprint density at radius 1 is 1.58 bits per heavy atom. The van der Waals surface area contributed by atoms with Gasteiger partial charge in [-0.05, 0) is 19.8 Å². The summed E-state index contributed by atoms with van der Waals surface area (Å²) in [5.74, 6) is 0.685. The van der Waals surface area contributed by atoms with Crippen LogP contribution in [0.3, 0.4) is 0 Å². The SMILES string of the molecule is CCc1ncc(S(=O)(=O)N2CCCC(C)(OC)C2)[nH]1. The highest BCUT2D eigenvalue weighted by Gasteiger charge is 2.37. The third-order valence-corrected chi connectivity index (χ3v) is 5.43. The lowest BCUT2D eigenvalue weighted by Crippen LogP contribution is -2.49. The first kappa shape index (κ1) is 14.5. The predicted octanol–water partition coefficient (Wildman–Crippen LogP) is 1.16. The summed E-state index contributed by atoms with van der Waals surface area (Å²) < 4.78 is 32.0. The monoisotopic (exact) mass is 287 g/mol. The van der Waals surface area contributed by atoms with E-state index in [1.165, 1.54) is 10.5 Å². The van der Waals surface area contributed by atoms with Crippen LogP contribution in [0.25, 0.3) is 0 Å². The molecule has 2 rings (SSSR count). The average molecular weight is 287 g/mol. The van der Waals surface area contributed by atoms with Crippen molar-refractivity contribution in [2.24, 2.45) is 0 Å². The molecule has 1 saturated heterocycles. The van der Waals surface area contributed by atoms with Gasteiger partial charge in [-0.3, -0.25) is 0 Å². The van der Waals surface area contributed by atoms with Crippen molar-refractivity contribution in [3.05, 3.63) is 12.0 Å². The molecular formula is C12H21N3O3S. The number of aromatic amines is 1. The van der Waals surface area contributed by atoms with Crippen LogP contribution in [0, 0.1) is 0 Å². The summed E-state index contributed by atoms with van der Waals surface area (Å²) in [6, 6.07) is 0. The summed E-state index contributed by atoms with van der Waals surface area (Å²) in [6.07, 6.45) is 3.76. The van der Waals surface area contributed by atoms with Gasteiger partial charge in [0, 0.05) is 26.6 Å². The van der Waals surface area contributed by atoms with Gasteiger partial charge in [-0.1, -0.05) is 6.92 Å². The van der Waals surface area contributed by atoms with Crippen molar-refractivity contribution in [3.63, 3.8) is 0 Å². The fourth-order valence-electron chi connectivity index (χ4n) is 2.33. The maximum atomic E-state index is 12.5. The molecule has 6 nitrogen and oxygen atoms in total. The minimum absolute atomic E-state index is 0.171. The van der Waals surface area contributed by atoms with Crippen LogP contribution >= 0.6 is 0 Å². The molecule has 1 aromatic heterocycles. The smallest absolute Gasteiger partial charge is 0.260 e. The Balaban J connectivity index is 2.24. The summed E-state index contributed by atoms with van der Waals surface area (Å²) in [7, 11) is -1.87. The van der Waals surface area contributed by atoms with Crippen molar-refractivity contribution >= 4 is 10.0 Å². The zero-order chi connectivity index (χ0) is 14.1. The number of methoxy groups -OCH3 is 1. The molecule has 1 unspecified atom stereocenters. The van der Waals surface area contributed by atoms with E-state index in [1.807, 2.05) is 13.8 Å². The van der Waals surface area contributed by atoms with E-state index in [-0.39, 0.29) is 5.03 Å². The molecule has 1 fully saturated rings. The molecule has 0 aliphatic carbocycles. The molecule has 0 bridgehead atoms. The molecule has 0 amide bonds. The Morgan fingerprint density at radius 3 is 2.89 bits per heavy atom. The number of H-pyrrole nitrogens is 1. The Morgan fingerprint density at radius 2 is 2.32 bits per heavy atom. The number of aryl methyl sites for hydroxylation is 1. The number of nitrogens with one attached hydrogen (secondary N) is 1. The van der Waals surface area contributed by atoms with Crippen molar-refractivity contribution < 1.29 is 13.2 Å². The standard InChI is InChI=1S/C12H21N3O3S/c1-4-10-13-8-11(14-10)19(16,17)15-7-5-6-12(2,9-15)18-3/h8H,4-7,9H2,1-3H3,(H,13,14). The van der Waals surface area contributed by atoms with Crippen molar-refractivity contribution in [2.75, 3.05) is 20.2 Å². The maximum Gasteiger partial charge on any atom is 0.260 e. The first-order valence-electron chi connectivity index (χ1n) is 6.50. The minimum Gasteiger partial charge on any atom is -0.377 e. The molecule has 0 radical (unpaired) electrons. The van der Waals surface area contributed by atoms with Crippen LogP contribution in [0.15, 0.2) is 11.2 Å². The highest BCUT2D eigenvalue weighted by atomic mass is 32.2. The minimum atomic E-state index is -3.50. The number of hydrogen-bond donors (Lipinski definition) is 1. The molecule has 1 aliphatic rings. The van der Waals surface area contributed by atoms with Crippen LogP contribution in [-0.4, -0.2) is 48.5 Å². The van der Waals surface area contributed by atoms with Gasteiger partial charge in [-0.15, -0.1) is 0 Å². The zero-order valence-electron chi connectivity index (χ0n) is 11.6. The number of nitrogens with zero attached hydrogens (tertiary/aromatic N) is 2. The van der Waals surface area contributed by atoms with Gasteiger partial charge in [0.15, 0.2) is 5.03 Å². The molecule has 19 heavy (non-hydrogen) atoms. The molecule has 1 N–H and O–H groups in total. The summed E-state index contributed by atoms with van der Waals surface area (Å²) in [5, 5.41) is 0.171. The van der Waals surface area contributed by atoms with Gasteiger partial charge in [-0.2, -0.15) is 4.31 Å². The van der Waals surface area contributed by atoms with E-state index in [1.54, 1.807) is 7.11 Å². The second-order valence-electron chi connectivity index (χ2n) is 5.14. The van der Waals surface area contributed by atoms with Crippen molar-refractivity contribution in [3.8, 4) is 0 Å². The Hall–Kier alpha value is -0.920. The summed E-state index contributed by atoms with van der Waals surface area (Å²) in [6.45, 7) is 4.78. The Kier molecular flexibility index (Phi) is 3.98. The molecule has 2 heterocycles. The topological polar surface area (TPSA) is 75.3 Å². The number of imidazole rings is 1. The number of piperidine rings is 1. The van der Waals surface area contributed by atoms with Gasteiger partial charge in [0.1, 0.15) is 5.82 Å². The lowest BCUT2D eigenvalue weighted by atomic mass is 9.96. The van der Waals surface area contributed by atoms with E-state index >= 15 is 0 Å². The Bertz CT molecular complexity index is 540. The van der Waals surface area contributed by atoms with Gasteiger partial charge in [0.05, 0.1) is 11.8 Å². The van der Waals surface area contributed by atoms with E-state index in [0.717, 1.165) is 12.8 Å². The largest absolute Gasteiger partial charge is 0.377 e. The van der Waals surface area contributed by atoms with Crippen LogP contribution < -0.4 is 0 Å². The van der Waals surface area contributed by atoms with E-state index in [4.69, 9.17) is 4.74 Å². The first-order chi connectivity index (χ1) is 8.91. The van der Waals surface area contributed by atoms with Crippen LogP contribution in [0.4, 0.5) is 0 Å². The Labute approximate surface area is 114 Å². The number of ether oxygens (including phenoxy) is 1. The van der Waals surface area contributed by atoms with Gasteiger partial charge >= 0.3 is 0 Å². The van der Waals surface area contributed by atoms with Crippen LogP contribution in [0.1, 0.15) is 32.5 Å². The van der Waals surface area contributed by atoms with E-state index in [9.17, 15) is 8.42 Å². The van der Waals surface area contributed by atoms with Crippen molar-refractivity contribution in [1.82, 2.24) is 14.3 Å². The molecule has 1 atom stereocenters. The van der Waals surface area contributed by atoms with Crippen LogP contribution in [0.5, 0.6) is 0 Å². The van der Waals surface area contributed by atoms with Gasteiger partial charge < -0.3 is 9.72 Å². The second kappa shape index (κ2) is 5.22. The summed E-state index contributed by atoms with van der Waals surface area (Å²) in [4.78, 5) is 6.92. The normalized spacial score (nSPS) is 25.6. The second-order valence-corrected chi connectivity index (χ2v) is 7.05. The maximum absolute atomic E-state index is 12.5. The molecule has 0 aromatic carbocycles. The number of sulfonamides is 1. The molecule has 1 aliphatic heterocycles. The quantitative estimate of drug-likeness (QED) is 0.901. The molecule has 0 spiro atoms. The number of hydrogen-bond acceptors (Lipinski definition) is 4. The molecule has 7 heteroatoms. The predicted molar refractivity (Wildman–Crippen MR) is 71.4 cm³/mol. The zero-order valence-corrected chi connectivity index (χ0v) is 12.5. The van der Waals surface area contributed by atoms with E-state index in [2.05, 4.69) is 9.97 Å². The highest BCUT2D eigenvalue weighted by Crippen LogP contribution is 2.27. The number of aromatic nitrogens is 2. The van der Waals surface area contributed by atoms with Crippen molar-refractivity contribution in [1.29, 1.82) is 0 Å². The lowest BCUT2D eigenvalue weighted by molar-refractivity contribution is -0.0319. The molecular weight excluding hydrogens is 266 g/mol.